The van der Waals surface area contributed by atoms with Crippen molar-refractivity contribution in [3.8, 4) is 0 Å². The Labute approximate surface area is 119 Å². The molecule has 0 radical (unpaired) electrons. The molecule has 2 N–H and O–H groups in total. The zero-order valence-electron chi connectivity index (χ0n) is 11.7. The molecule has 20 heavy (non-hydrogen) atoms. The number of hydrogen-bond donors (Lipinski definition) is 1. The summed E-state index contributed by atoms with van der Waals surface area (Å²) in [5.74, 6) is -0.0258. The van der Waals surface area contributed by atoms with Crippen LogP contribution in [0, 0.1) is 6.92 Å². The summed E-state index contributed by atoms with van der Waals surface area (Å²) in [7, 11) is -3.55. The molecule has 0 bridgehead atoms. The molecule has 0 atom stereocenters. The van der Waals surface area contributed by atoms with Crippen molar-refractivity contribution >= 4 is 21.6 Å². The molecule has 1 aromatic rings. The minimum Gasteiger partial charge on any atom is -0.399 e. The van der Waals surface area contributed by atoms with E-state index in [-0.39, 0.29) is 10.8 Å². The van der Waals surface area contributed by atoms with Gasteiger partial charge < -0.3 is 10.6 Å². The number of carbonyl (C=O) groups excluding carboxylic acids is 1. The second-order valence-electron chi connectivity index (χ2n) is 4.94. The van der Waals surface area contributed by atoms with Crippen LogP contribution in [-0.4, -0.2) is 49.7 Å². The summed E-state index contributed by atoms with van der Waals surface area (Å²) in [4.78, 5) is 13.2. The second kappa shape index (κ2) is 5.41. The predicted octanol–water partition coefficient (Wildman–Crippen LogP) is 0.430. The summed E-state index contributed by atoms with van der Waals surface area (Å²) < 4.78 is 26.6. The number of amides is 1. The van der Waals surface area contributed by atoms with Crippen molar-refractivity contribution < 1.29 is 13.2 Å². The van der Waals surface area contributed by atoms with Gasteiger partial charge in [-0.2, -0.15) is 4.31 Å². The van der Waals surface area contributed by atoms with E-state index >= 15 is 0 Å². The SMILES string of the molecule is CC(=O)N1CCN(S(=O)(=O)c2cc(N)ccc2C)CC1. The molecule has 1 aliphatic rings. The molecular weight excluding hydrogens is 278 g/mol. The van der Waals surface area contributed by atoms with Gasteiger partial charge in [-0.1, -0.05) is 6.07 Å². The monoisotopic (exact) mass is 297 g/mol. The molecule has 6 nitrogen and oxygen atoms in total. The number of nitrogens with two attached hydrogens (primary N) is 1. The van der Waals surface area contributed by atoms with E-state index in [2.05, 4.69) is 0 Å². The van der Waals surface area contributed by atoms with Crippen LogP contribution in [0.1, 0.15) is 12.5 Å². The number of nitrogens with zero attached hydrogens (tertiary/aromatic N) is 2. The maximum atomic E-state index is 12.6. The fraction of sp³-hybridized carbons (Fsp3) is 0.462. The molecule has 0 saturated carbocycles. The fourth-order valence-electron chi connectivity index (χ4n) is 2.28. The van der Waals surface area contributed by atoms with Gasteiger partial charge in [0.15, 0.2) is 0 Å². The highest BCUT2D eigenvalue weighted by Crippen LogP contribution is 2.23. The van der Waals surface area contributed by atoms with Crippen molar-refractivity contribution in [2.24, 2.45) is 0 Å². The van der Waals surface area contributed by atoms with Crippen molar-refractivity contribution in [2.45, 2.75) is 18.7 Å². The third-order valence-electron chi connectivity index (χ3n) is 3.51. The number of aryl methyl sites for hydroxylation is 1. The smallest absolute Gasteiger partial charge is 0.243 e. The molecule has 0 aromatic heterocycles. The van der Waals surface area contributed by atoms with Crippen LogP contribution in [-0.2, 0) is 14.8 Å². The van der Waals surface area contributed by atoms with Gasteiger partial charge in [0.25, 0.3) is 0 Å². The largest absolute Gasteiger partial charge is 0.399 e. The van der Waals surface area contributed by atoms with Crippen molar-refractivity contribution in [1.82, 2.24) is 9.21 Å². The minimum absolute atomic E-state index is 0.0258. The molecular formula is C13H19N3O3S. The Kier molecular flexibility index (Phi) is 4.01. The van der Waals surface area contributed by atoms with E-state index in [1.54, 1.807) is 24.0 Å². The van der Waals surface area contributed by atoms with Gasteiger partial charge in [-0.05, 0) is 24.6 Å². The van der Waals surface area contributed by atoms with Crippen LogP contribution in [0.25, 0.3) is 0 Å². The minimum atomic E-state index is -3.55. The highest BCUT2D eigenvalue weighted by Gasteiger charge is 2.30. The summed E-state index contributed by atoms with van der Waals surface area (Å²) in [6, 6.07) is 4.87. The Hall–Kier alpha value is -1.60. The lowest BCUT2D eigenvalue weighted by molar-refractivity contribution is -0.129. The lowest BCUT2D eigenvalue weighted by Gasteiger charge is -2.33. The average Bonchev–Trinajstić information content (AvgIpc) is 2.41. The van der Waals surface area contributed by atoms with E-state index in [1.807, 2.05) is 0 Å². The van der Waals surface area contributed by atoms with E-state index < -0.39 is 10.0 Å². The van der Waals surface area contributed by atoms with Gasteiger partial charge >= 0.3 is 0 Å². The molecule has 1 fully saturated rings. The van der Waals surface area contributed by atoms with Gasteiger partial charge in [0.2, 0.25) is 15.9 Å². The number of rotatable bonds is 2. The van der Waals surface area contributed by atoms with E-state index in [0.29, 0.717) is 37.4 Å². The van der Waals surface area contributed by atoms with Crippen molar-refractivity contribution in [3.63, 3.8) is 0 Å². The van der Waals surface area contributed by atoms with Crippen molar-refractivity contribution in [1.29, 1.82) is 0 Å². The maximum absolute atomic E-state index is 12.6. The van der Waals surface area contributed by atoms with E-state index in [9.17, 15) is 13.2 Å². The lowest BCUT2D eigenvalue weighted by atomic mass is 10.2. The third kappa shape index (κ3) is 2.78. The quantitative estimate of drug-likeness (QED) is 0.802. The van der Waals surface area contributed by atoms with Gasteiger partial charge in [-0.15, -0.1) is 0 Å². The van der Waals surface area contributed by atoms with Crippen LogP contribution in [0.5, 0.6) is 0 Å². The third-order valence-corrected chi connectivity index (χ3v) is 5.55. The summed E-state index contributed by atoms with van der Waals surface area (Å²) in [6.07, 6.45) is 0. The molecule has 7 heteroatoms. The Morgan fingerprint density at radius 2 is 1.80 bits per heavy atom. The van der Waals surface area contributed by atoms with Gasteiger partial charge in [0.1, 0.15) is 0 Å². The zero-order chi connectivity index (χ0) is 14.9. The number of hydrogen-bond acceptors (Lipinski definition) is 4. The summed E-state index contributed by atoms with van der Waals surface area (Å²) >= 11 is 0. The molecule has 1 saturated heterocycles. The first-order chi connectivity index (χ1) is 9.32. The van der Waals surface area contributed by atoms with E-state index in [1.165, 1.54) is 17.3 Å². The molecule has 2 rings (SSSR count). The molecule has 1 amide bonds. The highest BCUT2D eigenvalue weighted by atomic mass is 32.2. The summed E-state index contributed by atoms with van der Waals surface area (Å²) in [6.45, 7) is 4.72. The van der Waals surface area contributed by atoms with Gasteiger partial charge in [-0.3, -0.25) is 4.79 Å². The number of benzene rings is 1. The standard InChI is InChI=1S/C13H19N3O3S/c1-10-3-4-12(14)9-13(10)20(18,19)16-7-5-15(6-8-16)11(2)17/h3-4,9H,5-8,14H2,1-2H3. The molecule has 1 aromatic carbocycles. The fourth-order valence-corrected chi connectivity index (χ4v) is 3.96. The second-order valence-corrected chi connectivity index (χ2v) is 6.84. The summed E-state index contributed by atoms with van der Waals surface area (Å²) in [5, 5.41) is 0. The first-order valence-electron chi connectivity index (χ1n) is 6.44. The van der Waals surface area contributed by atoms with Crippen molar-refractivity contribution in [3.05, 3.63) is 23.8 Å². The summed E-state index contributed by atoms with van der Waals surface area (Å²) in [5.41, 5.74) is 6.78. The van der Waals surface area contributed by atoms with Crippen LogP contribution >= 0.6 is 0 Å². The molecule has 0 aliphatic carbocycles. The van der Waals surface area contributed by atoms with Crippen LogP contribution in [0.15, 0.2) is 23.1 Å². The molecule has 0 spiro atoms. The Morgan fingerprint density at radius 3 is 2.35 bits per heavy atom. The van der Waals surface area contributed by atoms with Gasteiger partial charge in [0, 0.05) is 38.8 Å². The maximum Gasteiger partial charge on any atom is 0.243 e. The number of piperazine rings is 1. The number of anilines is 1. The zero-order valence-corrected chi connectivity index (χ0v) is 12.5. The van der Waals surface area contributed by atoms with Gasteiger partial charge in [-0.25, -0.2) is 8.42 Å². The van der Waals surface area contributed by atoms with Crippen LogP contribution in [0.4, 0.5) is 5.69 Å². The normalized spacial score (nSPS) is 17.2. The first-order valence-corrected chi connectivity index (χ1v) is 7.88. The first kappa shape index (κ1) is 14.8. The highest BCUT2D eigenvalue weighted by molar-refractivity contribution is 7.89. The Balaban J connectivity index is 2.24. The Bertz CT molecular complexity index is 620. The predicted molar refractivity (Wildman–Crippen MR) is 76.6 cm³/mol. The van der Waals surface area contributed by atoms with Crippen LogP contribution < -0.4 is 5.73 Å². The molecule has 1 aliphatic heterocycles. The molecule has 0 unspecified atom stereocenters. The van der Waals surface area contributed by atoms with E-state index in [0.717, 1.165) is 0 Å². The van der Waals surface area contributed by atoms with Crippen LogP contribution in [0.3, 0.4) is 0 Å². The van der Waals surface area contributed by atoms with E-state index in [4.69, 9.17) is 5.73 Å². The number of sulfonamides is 1. The number of nitrogen functional groups attached to an aromatic ring is 1. The van der Waals surface area contributed by atoms with Gasteiger partial charge in [0.05, 0.1) is 4.90 Å². The van der Waals surface area contributed by atoms with Crippen molar-refractivity contribution in [2.75, 3.05) is 31.9 Å². The van der Waals surface area contributed by atoms with Crippen LogP contribution in [0.2, 0.25) is 0 Å². The average molecular weight is 297 g/mol. The molecule has 1 heterocycles. The number of carbonyl (C=O) groups is 1. The lowest BCUT2D eigenvalue weighted by Crippen LogP contribution is -2.50. The topological polar surface area (TPSA) is 83.7 Å². The molecule has 110 valence electrons. The Morgan fingerprint density at radius 1 is 1.20 bits per heavy atom.